The van der Waals surface area contributed by atoms with Crippen LogP contribution in [-0.4, -0.2) is 38.8 Å². The molecule has 0 spiro atoms. The van der Waals surface area contributed by atoms with Gasteiger partial charge in [-0.15, -0.1) is 0 Å². The summed E-state index contributed by atoms with van der Waals surface area (Å²) >= 11 is 0. The fourth-order valence-corrected chi connectivity index (χ4v) is 4.07. The van der Waals surface area contributed by atoms with E-state index in [1.165, 1.54) is 24.3 Å². The quantitative estimate of drug-likeness (QED) is 0.553. The van der Waals surface area contributed by atoms with E-state index in [0.29, 0.717) is 25.9 Å². The summed E-state index contributed by atoms with van der Waals surface area (Å²) in [5.41, 5.74) is -0.228. The molecular weight excluding hydrogens is 394 g/mol. The third kappa shape index (κ3) is 4.22. The van der Waals surface area contributed by atoms with Gasteiger partial charge in [-0.3, -0.25) is 10.1 Å². The minimum Gasteiger partial charge on any atom is -0.487 e. The monoisotopic (exact) mass is 412 g/mol. The van der Waals surface area contributed by atoms with E-state index in [-0.39, 0.29) is 22.4 Å². The zero-order chi connectivity index (χ0) is 20.5. The van der Waals surface area contributed by atoms with Crippen molar-refractivity contribution in [1.82, 2.24) is 0 Å². The number of ether oxygens (including phenoxy) is 1. The molecule has 2 aromatic rings. The van der Waals surface area contributed by atoms with Crippen molar-refractivity contribution in [2.75, 3.05) is 24.2 Å². The number of hydrogen-bond donors (Lipinski definition) is 0. The lowest BCUT2D eigenvalue weighted by molar-refractivity contribution is -0.387. The maximum Gasteiger partial charge on any atom is 0.311 e. The largest absolute Gasteiger partial charge is 0.487 e. The van der Waals surface area contributed by atoms with Crippen LogP contribution in [0.3, 0.4) is 0 Å². The minimum absolute atomic E-state index is 0.0510. The van der Waals surface area contributed by atoms with Gasteiger partial charge in [-0.05, 0) is 24.3 Å². The maximum absolute atomic E-state index is 13.7. The zero-order valence-electron chi connectivity index (χ0n) is 15.0. The predicted octanol–water partition coefficient (Wildman–Crippen LogP) is 3.32. The third-order valence-corrected chi connectivity index (χ3v) is 5.66. The summed E-state index contributed by atoms with van der Waals surface area (Å²) < 4.78 is 56.1. The van der Waals surface area contributed by atoms with Crippen molar-refractivity contribution in [3.8, 4) is 5.75 Å². The van der Waals surface area contributed by atoms with Crippen LogP contribution in [0.15, 0.2) is 41.3 Å². The van der Waals surface area contributed by atoms with Gasteiger partial charge in [0.1, 0.15) is 22.5 Å². The van der Waals surface area contributed by atoms with Crippen LogP contribution in [0.4, 0.5) is 20.2 Å². The first kappa shape index (κ1) is 20.0. The zero-order valence-corrected chi connectivity index (χ0v) is 15.8. The predicted molar refractivity (Wildman–Crippen MR) is 98.4 cm³/mol. The van der Waals surface area contributed by atoms with Crippen LogP contribution in [-0.2, 0) is 9.84 Å². The lowest BCUT2D eigenvalue weighted by Gasteiger charge is -2.33. The van der Waals surface area contributed by atoms with Gasteiger partial charge in [0.25, 0.3) is 0 Å². The number of nitrogens with zero attached hydrogens (tertiary/aromatic N) is 2. The molecule has 0 atom stereocenters. The molecule has 0 aromatic heterocycles. The summed E-state index contributed by atoms with van der Waals surface area (Å²) in [6.45, 7) is 0.725. The van der Waals surface area contributed by atoms with Gasteiger partial charge in [0.2, 0.25) is 0 Å². The Morgan fingerprint density at radius 1 is 1.18 bits per heavy atom. The van der Waals surface area contributed by atoms with E-state index in [2.05, 4.69) is 0 Å². The molecular formula is C18H18F2N2O5S. The Labute approximate surface area is 160 Å². The van der Waals surface area contributed by atoms with Crippen molar-refractivity contribution in [3.05, 3.63) is 58.1 Å². The number of nitro groups is 1. The molecule has 0 radical (unpaired) electrons. The summed E-state index contributed by atoms with van der Waals surface area (Å²) in [4.78, 5) is 12.2. The Kier molecular flexibility index (Phi) is 5.50. The summed E-state index contributed by atoms with van der Waals surface area (Å²) in [6.07, 6.45) is 1.47. The van der Waals surface area contributed by atoms with Crippen molar-refractivity contribution in [3.63, 3.8) is 0 Å². The third-order valence-electron chi connectivity index (χ3n) is 4.53. The molecule has 0 bridgehead atoms. The molecule has 0 saturated carbocycles. The molecule has 10 heteroatoms. The Morgan fingerprint density at radius 3 is 2.43 bits per heavy atom. The normalized spacial score (nSPS) is 15.5. The van der Waals surface area contributed by atoms with Crippen LogP contribution in [0.5, 0.6) is 5.75 Å². The van der Waals surface area contributed by atoms with Crippen LogP contribution in [0.25, 0.3) is 0 Å². The number of piperidine rings is 1. The standard InChI is InChI=1S/C18H18F2N2O5S/c1-28(25,26)17-4-2-3-15(18(17)22(23)24)21-9-7-13(8-10-21)27-16-6-5-12(19)11-14(16)20/h2-6,11,13H,7-10H2,1H3. The summed E-state index contributed by atoms with van der Waals surface area (Å²) in [6, 6.07) is 7.25. The molecule has 0 unspecified atom stereocenters. The topological polar surface area (TPSA) is 89.8 Å². The molecule has 0 amide bonds. The van der Waals surface area contributed by atoms with Gasteiger partial charge in [-0.1, -0.05) is 6.07 Å². The molecule has 28 heavy (non-hydrogen) atoms. The number of para-hydroxylation sites is 1. The first-order chi connectivity index (χ1) is 13.2. The first-order valence-electron chi connectivity index (χ1n) is 8.51. The number of hydrogen-bond acceptors (Lipinski definition) is 6. The van der Waals surface area contributed by atoms with Crippen LogP contribution in [0.1, 0.15) is 12.8 Å². The van der Waals surface area contributed by atoms with Crippen molar-refractivity contribution >= 4 is 21.2 Å². The molecule has 1 aliphatic heterocycles. The molecule has 150 valence electrons. The van der Waals surface area contributed by atoms with Crippen LogP contribution in [0.2, 0.25) is 0 Å². The number of rotatable bonds is 5. The number of anilines is 1. The van der Waals surface area contributed by atoms with Gasteiger partial charge < -0.3 is 9.64 Å². The maximum atomic E-state index is 13.7. The average molecular weight is 412 g/mol. The first-order valence-corrected chi connectivity index (χ1v) is 10.4. The molecule has 7 nitrogen and oxygen atoms in total. The number of halogens is 2. The van der Waals surface area contributed by atoms with E-state index < -0.39 is 32.1 Å². The highest BCUT2D eigenvalue weighted by molar-refractivity contribution is 7.90. The summed E-state index contributed by atoms with van der Waals surface area (Å²) in [5, 5.41) is 11.5. The van der Waals surface area contributed by atoms with E-state index in [9.17, 15) is 27.3 Å². The highest BCUT2D eigenvalue weighted by Gasteiger charge is 2.31. The van der Waals surface area contributed by atoms with Crippen molar-refractivity contribution < 1.29 is 26.9 Å². The molecule has 1 aliphatic rings. The second kappa shape index (κ2) is 7.70. The molecule has 0 aliphatic carbocycles. The molecule has 1 fully saturated rings. The highest BCUT2D eigenvalue weighted by Crippen LogP contribution is 2.36. The van der Waals surface area contributed by atoms with Crippen molar-refractivity contribution in [2.45, 2.75) is 23.8 Å². The van der Waals surface area contributed by atoms with Crippen LogP contribution in [0, 0.1) is 21.7 Å². The van der Waals surface area contributed by atoms with Crippen LogP contribution >= 0.6 is 0 Å². The summed E-state index contributed by atoms with van der Waals surface area (Å²) in [5.74, 6) is -1.54. The molecule has 1 heterocycles. The van der Waals surface area contributed by atoms with Gasteiger partial charge in [0, 0.05) is 38.3 Å². The van der Waals surface area contributed by atoms with Gasteiger partial charge in [0.05, 0.1) is 4.92 Å². The van der Waals surface area contributed by atoms with Gasteiger partial charge in [-0.2, -0.15) is 0 Å². The number of sulfone groups is 1. The lowest BCUT2D eigenvalue weighted by atomic mass is 10.1. The lowest BCUT2D eigenvalue weighted by Crippen LogP contribution is -2.38. The van der Waals surface area contributed by atoms with E-state index in [0.717, 1.165) is 18.4 Å². The highest BCUT2D eigenvalue weighted by atomic mass is 32.2. The second-order valence-electron chi connectivity index (χ2n) is 6.53. The number of benzene rings is 2. The molecule has 3 rings (SSSR count). The SMILES string of the molecule is CS(=O)(=O)c1cccc(N2CCC(Oc3ccc(F)cc3F)CC2)c1[N+](=O)[O-]. The smallest absolute Gasteiger partial charge is 0.311 e. The second-order valence-corrected chi connectivity index (χ2v) is 8.52. The Hall–Kier alpha value is -2.75. The Bertz CT molecular complexity index is 1010. The Morgan fingerprint density at radius 2 is 1.86 bits per heavy atom. The van der Waals surface area contributed by atoms with Gasteiger partial charge in [-0.25, -0.2) is 17.2 Å². The Balaban J connectivity index is 1.77. The molecule has 1 saturated heterocycles. The van der Waals surface area contributed by atoms with E-state index in [4.69, 9.17) is 4.74 Å². The fraction of sp³-hybridized carbons (Fsp3) is 0.333. The fourth-order valence-electron chi connectivity index (χ4n) is 3.21. The average Bonchev–Trinajstić information content (AvgIpc) is 2.63. The summed E-state index contributed by atoms with van der Waals surface area (Å²) in [7, 11) is -3.76. The van der Waals surface area contributed by atoms with Gasteiger partial charge >= 0.3 is 5.69 Å². The van der Waals surface area contributed by atoms with E-state index in [1.54, 1.807) is 4.90 Å². The van der Waals surface area contributed by atoms with Crippen molar-refractivity contribution in [2.24, 2.45) is 0 Å². The minimum atomic E-state index is -3.76. The van der Waals surface area contributed by atoms with E-state index >= 15 is 0 Å². The number of nitro benzene ring substituents is 1. The molecule has 2 aromatic carbocycles. The van der Waals surface area contributed by atoms with E-state index in [1.807, 2.05) is 0 Å². The van der Waals surface area contributed by atoms with Crippen molar-refractivity contribution in [1.29, 1.82) is 0 Å². The molecule has 0 N–H and O–H groups in total. The van der Waals surface area contributed by atoms with Gasteiger partial charge in [0.15, 0.2) is 21.4 Å². The van der Waals surface area contributed by atoms with Crippen LogP contribution < -0.4 is 9.64 Å².